The topological polar surface area (TPSA) is 40.9 Å². The first-order valence-corrected chi connectivity index (χ1v) is 2.79. The Kier molecular flexibility index (Phi) is 3.50. The lowest BCUT2D eigenvalue weighted by Crippen LogP contribution is -1.98. The first-order chi connectivity index (χ1) is 3.27. The number of thioether (sulfide) groups is 1. The van der Waals surface area contributed by atoms with Crippen molar-refractivity contribution in [3.05, 3.63) is 12.0 Å². The fourth-order valence-corrected chi connectivity index (χ4v) is 0.404. The van der Waals surface area contributed by atoms with Crippen LogP contribution in [0.15, 0.2) is 12.0 Å². The minimum atomic E-state index is -0.551. The molecule has 0 saturated heterocycles. The molecule has 3 heteroatoms. The van der Waals surface area contributed by atoms with Gasteiger partial charge in [0.05, 0.1) is 5.75 Å². The van der Waals surface area contributed by atoms with E-state index in [4.69, 9.17) is 5.73 Å². The SMILES string of the molecule is C=CSCC([NH])=O. The van der Waals surface area contributed by atoms with E-state index in [1.54, 1.807) is 5.41 Å². The molecule has 0 fully saturated rings. The monoisotopic (exact) mass is 116 g/mol. The van der Waals surface area contributed by atoms with Crippen LogP contribution in [0.4, 0.5) is 0 Å². The van der Waals surface area contributed by atoms with Crippen molar-refractivity contribution in [2.24, 2.45) is 0 Å². The maximum absolute atomic E-state index is 9.80. The third-order valence-corrected chi connectivity index (χ3v) is 0.997. The van der Waals surface area contributed by atoms with Gasteiger partial charge < -0.3 is 0 Å². The molecule has 0 aliphatic heterocycles. The molecule has 0 aromatic rings. The second-order valence-electron chi connectivity index (χ2n) is 0.901. The van der Waals surface area contributed by atoms with Crippen LogP contribution in [0.1, 0.15) is 0 Å². The van der Waals surface area contributed by atoms with Gasteiger partial charge in [-0.3, -0.25) is 10.5 Å². The summed E-state index contributed by atoms with van der Waals surface area (Å²) in [6.07, 6.45) is 0. The molecule has 1 amide bonds. The molecule has 0 bridgehead atoms. The Bertz CT molecular complexity index is 81.8. The quantitative estimate of drug-likeness (QED) is 0.543. The van der Waals surface area contributed by atoms with Crippen molar-refractivity contribution in [2.45, 2.75) is 0 Å². The smallest absolute Gasteiger partial charge is 0.248 e. The van der Waals surface area contributed by atoms with Gasteiger partial charge in [0.1, 0.15) is 0 Å². The van der Waals surface area contributed by atoms with Crippen LogP contribution in [-0.2, 0) is 4.79 Å². The maximum Gasteiger partial charge on any atom is 0.248 e. The average Bonchev–Trinajstić information content (AvgIpc) is 1.61. The van der Waals surface area contributed by atoms with Gasteiger partial charge in [0.15, 0.2) is 0 Å². The molecule has 0 aliphatic carbocycles. The molecule has 0 aromatic carbocycles. The van der Waals surface area contributed by atoms with E-state index in [1.165, 1.54) is 11.8 Å². The van der Waals surface area contributed by atoms with Crippen LogP contribution >= 0.6 is 11.8 Å². The molecule has 0 aliphatic rings. The summed E-state index contributed by atoms with van der Waals surface area (Å²) >= 11 is 1.24. The van der Waals surface area contributed by atoms with Gasteiger partial charge in [-0.1, -0.05) is 6.58 Å². The van der Waals surface area contributed by atoms with E-state index >= 15 is 0 Å². The Labute approximate surface area is 46.8 Å². The number of nitrogens with one attached hydrogen (secondary N) is 1. The third kappa shape index (κ3) is 5.56. The summed E-state index contributed by atoms with van der Waals surface area (Å²) in [5, 5.41) is 1.55. The highest BCUT2D eigenvalue weighted by atomic mass is 32.2. The minimum absolute atomic E-state index is 0.226. The highest BCUT2D eigenvalue weighted by Gasteiger charge is 1.88. The summed E-state index contributed by atoms with van der Waals surface area (Å²) < 4.78 is 0. The summed E-state index contributed by atoms with van der Waals surface area (Å²) in [5.74, 6) is -0.325. The Morgan fingerprint density at radius 1 is 2.00 bits per heavy atom. The molecule has 0 unspecified atom stereocenters. The van der Waals surface area contributed by atoms with E-state index in [1.807, 2.05) is 0 Å². The van der Waals surface area contributed by atoms with Crippen LogP contribution < -0.4 is 5.73 Å². The first kappa shape index (κ1) is 6.56. The van der Waals surface area contributed by atoms with E-state index in [9.17, 15) is 4.79 Å². The Hall–Kier alpha value is -0.440. The fraction of sp³-hybridized carbons (Fsp3) is 0.250. The lowest BCUT2D eigenvalue weighted by atomic mass is 10.8. The van der Waals surface area contributed by atoms with E-state index < -0.39 is 5.91 Å². The van der Waals surface area contributed by atoms with Gasteiger partial charge in [0, 0.05) is 0 Å². The van der Waals surface area contributed by atoms with Gasteiger partial charge >= 0.3 is 0 Å². The van der Waals surface area contributed by atoms with Crippen LogP contribution in [0, 0.1) is 0 Å². The Balaban J connectivity index is 2.97. The highest BCUT2D eigenvalue weighted by molar-refractivity contribution is 8.02. The van der Waals surface area contributed by atoms with Gasteiger partial charge in [-0.2, -0.15) is 0 Å². The molecule has 2 nitrogen and oxygen atoms in total. The average molecular weight is 116 g/mol. The molecule has 1 N–H and O–H groups in total. The largest absolute Gasteiger partial charge is 0.272 e. The zero-order valence-corrected chi connectivity index (χ0v) is 4.62. The van der Waals surface area contributed by atoms with Gasteiger partial charge in [0.2, 0.25) is 5.91 Å². The molecule has 39 valence electrons. The van der Waals surface area contributed by atoms with Gasteiger partial charge in [0.25, 0.3) is 0 Å². The lowest BCUT2D eigenvalue weighted by Gasteiger charge is -1.81. The predicted molar refractivity (Wildman–Crippen MR) is 30.8 cm³/mol. The zero-order chi connectivity index (χ0) is 5.70. The molecule has 0 spiro atoms. The molecule has 0 heterocycles. The van der Waals surface area contributed by atoms with Crippen LogP contribution in [0.5, 0.6) is 0 Å². The van der Waals surface area contributed by atoms with Crippen LogP contribution in [0.2, 0.25) is 0 Å². The normalized spacial score (nSPS) is 8.00. The molecule has 7 heavy (non-hydrogen) atoms. The van der Waals surface area contributed by atoms with Crippen molar-refractivity contribution in [1.82, 2.24) is 5.73 Å². The minimum Gasteiger partial charge on any atom is -0.272 e. The summed E-state index contributed by atoms with van der Waals surface area (Å²) in [7, 11) is 0. The first-order valence-electron chi connectivity index (χ1n) is 1.74. The predicted octanol–water partition coefficient (Wildman–Crippen LogP) is 0.673. The maximum atomic E-state index is 9.80. The summed E-state index contributed by atoms with van der Waals surface area (Å²) in [6.45, 7) is 3.36. The number of carbonyl (C=O) groups is 1. The van der Waals surface area contributed by atoms with Crippen molar-refractivity contribution in [3.8, 4) is 0 Å². The fourth-order valence-electron chi connectivity index (χ4n) is 0.135. The molecule has 0 atom stereocenters. The van der Waals surface area contributed by atoms with Gasteiger partial charge in [-0.05, 0) is 5.41 Å². The summed E-state index contributed by atoms with van der Waals surface area (Å²) in [5.41, 5.74) is 6.37. The Morgan fingerprint density at radius 3 is 2.71 bits per heavy atom. The third-order valence-electron chi connectivity index (χ3n) is 0.332. The summed E-state index contributed by atoms with van der Waals surface area (Å²) in [6, 6.07) is 0. The van der Waals surface area contributed by atoms with E-state index in [0.29, 0.717) is 0 Å². The molecule has 1 radical (unpaired) electrons. The second kappa shape index (κ2) is 3.74. The van der Waals surface area contributed by atoms with Crippen molar-refractivity contribution in [1.29, 1.82) is 0 Å². The van der Waals surface area contributed by atoms with Gasteiger partial charge in [-0.25, -0.2) is 0 Å². The molecular weight excluding hydrogens is 110 g/mol. The van der Waals surface area contributed by atoms with Gasteiger partial charge in [-0.15, -0.1) is 11.8 Å². The van der Waals surface area contributed by atoms with Crippen LogP contribution in [-0.4, -0.2) is 11.7 Å². The van der Waals surface area contributed by atoms with Crippen molar-refractivity contribution in [3.63, 3.8) is 0 Å². The van der Waals surface area contributed by atoms with Crippen molar-refractivity contribution >= 4 is 17.7 Å². The summed E-state index contributed by atoms with van der Waals surface area (Å²) in [4.78, 5) is 9.80. The zero-order valence-electron chi connectivity index (χ0n) is 3.81. The van der Waals surface area contributed by atoms with Crippen molar-refractivity contribution in [2.75, 3.05) is 5.75 Å². The molecule has 0 rings (SSSR count). The van der Waals surface area contributed by atoms with E-state index in [0.717, 1.165) is 0 Å². The number of hydrogen-bond donors (Lipinski definition) is 0. The Morgan fingerprint density at radius 2 is 2.57 bits per heavy atom. The van der Waals surface area contributed by atoms with Crippen molar-refractivity contribution < 1.29 is 4.79 Å². The number of carbonyl (C=O) groups excluding carboxylic acids is 1. The highest BCUT2D eigenvalue weighted by Crippen LogP contribution is 1.96. The standard InChI is InChI=1S/C4H6NOS/c1-2-7-3-4(5)6/h2,5H,1,3H2. The van der Waals surface area contributed by atoms with E-state index in [2.05, 4.69) is 6.58 Å². The number of amides is 1. The number of hydrogen-bond acceptors (Lipinski definition) is 2. The lowest BCUT2D eigenvalue weighted by molar-refractivity contribution is -0.116. The van der Waals surface area contributed by atoms with Crippen LogP contribution in [0.3, 0.4) is 0 Å². The molecular formula is C4H6NOS. The second-order valence-corrected chi connectivity index (χ2v) is 1.86. The van der Waals surface area contributed by atoms with Crippen LogP contribution in [0.25, 0.3) is 0 Å². The van der Waals surface area contributed by atoms with E-state index in [-0.39, 0.29) is 5.75 Å². The number of rotatable bonds is 3. The molecule has 0 saturated carbocycles. The molecule has 0 aromatic heterocycles.